The second kappa shape index (κ2) is 5.92. The Morgan fingerprint density at radius 2 is 2.29 bits per heavy atom. The normalized spacial score (nSPS) is 12.1. The molecule has 7 nitrogen and oxygen atoms in total. The van der Waals surface area contributed by atoms with Gasteiger partial charge in [-0.1, -0.05) is 12.1 Å². The molecule has 0 bridgehead atoms. The van der Waals surface area contributed by atoms with Gasteiger partial charge in [0.2, 0.25) is 0 Å². The first-order chi connectivity index (χ1) is 8.00. The Bertz CT molecular complexity index is 422. The van der Waals surface area contributed by atoms with Crippen LogP contribution in [0.5, 0.6) is 0 Å². The predicted octanol–water partition coefficient (Wildman–Crippen LogP) is 0.0963. The number of nitro groups is 1. The molecular weight excluding hydrogens is 226 g/mol. The molecule has 1 atom stereocenters. The van der Waals surface area contributed by atoms with Gasteiger partial charge in [-0.05, 0) is 5.56 Å². The molecule has 0 spiro atoms. The van der Waals surface area contributed by atoms with E-state index in [1.165, 1.54) is 12.1 Å². The molecule has 0 aliphatic carbocycles. The number of non-ortho nitro benzene ring substituents is 1. The summed E-state index contributed by atoms with van der Waals surface area (Å²) < 4.78 is 0. The smallest absolute Gasteiger partial charge is 0.321 e. The molecule has 0 fully saturated rings. The van der Waals surface area contributed by atoms with Gasteiger partial charge in [-0.2, -0.15) is 0 Å². The lowest BCUT2D eigenvalue weighted by Crippen LogP contribution is -2.40. The Hall–Kier alpha value is -1.99. The van der Waals surface area contributed by atoms with Gasteiger partial charge in [0.1, 0.15) is 6.04 Å². The van der Waals surface area contributed by atoms with E-state index in [0.717, 1.165) is 0 Å². The van der Waals surface area contributed by atoms with Crippen LogP contribution in [0.15, 0.2) is 24.3 Å². The molecule has 1 aromatic carbocycles. The molecule has 0 aromatic heterocycles. The van der Waals surface area contributed by atoms with E-state index in [4.69, 9.17) is 10.8 Å². The highest BCUT2D eigenvalue weighted by atomic mass is 16.6. The monoisotopic (exact) mass is 239 g/mol. The largest absolute Gasteiger partial charge is 0.480 e. The van der Waals surface area contributed by atoms with Crippen LogP contribution < -0.4 is 11.1 Å². The lowest BCUT2D eigenvalue weighted by atomic mass is 10.2. The van der Waals surface area contributed by atoms with Gasteiger partial charge in [-0.25, -0.2) is 0 Å². The first kappa shape index (κ1) is 13.1. The van der Waals surface area contributed by atoms with Crippen LogP contribution in [0.1, 0.15) is 5.56 Å². The number of nitro benzene ring substituents is 1. The highest BCUT2D eigenvalue weighted by molar-refractivity contribution is 5.73. The fourth-order valence-corrected chi connectivity index (χ4v) is 1.24. The second-order valence-electron chi connectivity index (χ2n) is 3.50. The first-order valence-corrected chi connectivity index (χ1v) is 4.93. The average Bonchev–Trinajstić information content (AvgIpc) is 2.29. The minimum Gasteiger partial charge on any atom is -0.480 e. The zero-order chi connectivity index (χ0) is 12.8. The number of benzene rings is 1. The van der Waals surface area contributed by atoms with Crippen molar-refractivity contribution in [1.29, 1.82) is 0 Å². The molecule has 0 aliphatic heterocycles. The molecule has 0 saturated heterocycles. The maximum atomic E-state index is 10.5. The number of nitrogens with zero attached hydrogens (tertiary/aromatic N) is 1. The topological polar surface area (TPSA) is 118 Å². The molecule has 1 unspecified atom stereocenters. The molecule has 0 heterocycles. The minimum absolute atomic E-state index is 0.00633. The van der Waals surface area contributed by atoms with Crippen LogP contribution in [-0.4, -0.2) is 28.6 Å². The maximum absolute atomic E-state index is 10.5. The number of hydrogen-bond acceptors (Lipinski definition) is 5. The van der Waals surface area contributed by atoms with Gasteiger partial charge in [0.15, 0.2) is 0 Å². The fourth-order valence-electron chi connectivity index (χ4n) is 1.24. The Balaban J connectivity index is 2.49. The highest BCUT2D eigenvalue weighted by Gasteiger charge is 2.10. The standard InChI is InChI=1S/C10H13N3O4/c11-9(10(14)15)6-12-5-7-2-1-3-8(4-7)13(16)17/h1-4,9,12H,5-6,11H2,(H,14,15). The number of hydrogen-bond donors (Lipinski definition) is 3. The number of carboxylic acids is 1. The van der Waals surface area contributed by atoms with E-state index in [2.05, 4.69) is 5.32 Å². The van der Waals surface area contributed by atoms with Gasteiger partial charge in [-0.3, -0.25) is 14.9 Å². The van der Waals surface area contributed by atoms with Gasteiger partial charge < -0.3 is 16.2 Å². The van der Waals surface area contributed by atoms with Gasteiger partial charge in [0.05, 0.1) is 4.92 Å². The first-order valence-electron chi connectivity index (χ1n) is 4.93. The molecule has 0 aliphatic rings. The summed E-state index contributed by atoms with van der Waals surface area (Å²) in [4.78, 5) is 20.5. The van der Waals surface area contributed by atoms with Gasteiger partial charge in [0, 0.05) is 25.2 Å². The van der Waals surface area contributed by atoms with E-state index < -0.39 is 16.9 Å². The van der Waals surface area contributed by atoms with Crippen molar-refractivity contribution >= 4 is 11.7 Å². The van der Waals surface area contributed by atoms with Crippen molar-refractivity contribution in [3.05, 3.63) is 39.9 Å². The lowest BCUT2D eigenvalue weighted by molar-refractivity contribution is -0.384. The summed E-state index contributed by atoms with van der Waals surface area (Å²) >= 11 is 0. The zero-order valence-electron chi connectivity index (χ0n) is 9.00. The Kier molecular flexibility index (Phi) is 4.56. The van der Waals surface area contributed by atoms with Crippen LogP contribution in [0.3, 0.4) is 0 Å². The molecule has 0 saturated carbocycles. The van der Waals surface area contributed by atoms with Crippen LogP contribution in [0.2, 0.25) is 0 Å². The average molecular weight is 239 g/mol. The number of rotatable bonds is 6. The van der Waals surface area contributed by atoms with Crippen molar-refractivity contribution in [3.8, 4) is 0 Å². The van der Waals surface area contributed by atoms with Crippen molar-refractivity contribution in [3.63, 3.8) is 0 Å². The van der Waals surface area contributed by atoms with Crippen LogP contribution in [0, 0.1) is 10.1 Å². The predicted molar refractivity (Wildman–Crippen MR) is 60.4 cm³/mol. The summed E-state index contributed by atoms with van der Waals surface area (Å²) in [6.45, 7) is 0.445. The van der Waals surface area contributed by atoms with E-state index in [1.807, 2.05) is 0 Å². The van der Waals surface area contributed by atoms with Crippen LogP contribution in [0.25, 0.3) is 0 Å². The number of carbonyl (C=O) groups is 1. The van der Waals surface area contributed by atoms with Crippen molar-refractivity contribution < 1.29 is 14.8 Å². The van der Waals surface area contributed by atoms with Crippen LogP contribution >= 0.6 is 0 Å². The Morgan fingerprint density at radius 3 is 2.88 bits per heavy atom. The van der Waals surface area contributed by atoms with Crippen molar-refractivity contribution in [1.82, 2.24) is 5.32 Å². The number of nitrogens with one attached hydrogen (secondary N) is 1. The van der Waals surface area contributed by atoms with Crippen LogP contribution in [-0.2, 0) is 11.3 Å². The summed E-state index contributed by atoms with van der Waals surface area (Å²) in [5, 5.41) is 21.9. The van der Waals surface area contributed by atoms with E-state index >= 15 is 0 Å². The summed E-state index contributed by atoms with van der Waals surface area (Å²) in [5.41, 5.74) is 6.00. The Labute approximate surface area is 97.4 Å². The Morgan fingerprint density at radius 1 is 1.59 bits per heavy atom. The lowest BCUT2D eigenvalue weighted by Gasteiger charge is -2.08. The van der Waals surface area contributed by atoms with E-state index in [-0.39, 0.29) is 12.2 Å². The van der Waals surface area contributed by atoms with Crippen molar-refractivity contribution in [2.45, 2.75) is 12.6 Å². The third-order valence-corrected chi connectivity index (χ3v) is 2.13. The summed E-state index contributed by atoms with van der Waals surface area (Å²) in [6.07, 6.45) is 0. The molecule has 17 heavy (non-hydrogen) atoms. The van der Waals surface area contributed by atoms with E-state index in [1.54, 1.807) is 12.1 Å². The summed E-state index contributed by atoms with van der Waals surface area (Å²) in [7, 11) is 0. The molecule has 7 heteroatoms. The quantitative estimate of drug-likeness (QED) is 0.478. The molecular formula is C10H13N3O4. The third kappa shape index (κ3) is 4.17. The van der Waals surface area contributed by atoms with Gasteiger partial charge in [-0.15, -0.1) is 0 Å². The second-order valence-corrected chi connectivity index (χ2v) is 3.50. The molecule has 0 amide bonds. The SMILES string of the molecule is NC(CNCc1cccc([N+](=O)[O-])c1)C(=O)O. The number of aliphatic carboxylic acids is 1. The van der Waals surface area contributed by atoms with Crippen LogP contribution in [0.4, 0.5) is 5.69 Å². The molecule has 4 N–H and O–H groups in total. The number of carboxylic acid groups (broad SMARTS) is 1. The van der Waals surface area contributed by atoms with Crippen molar-refractivity contribution in [2.75, 3.05) is 6.54 Å². The maximum Gasteiger partial charge on any atom is 0.321 e. The molecule has 1 aromatic rings. The number of nitrogens with two attached hydrogens (primary N) is 1. The zero-order valence-corrected chi connectivity index (χ0v) is 9.00. The fraction of sp³-hybridized carbons (Fsp3) is 0.300. The molecule has 92 valence electrons. The van der Waals surface area contributed by atoms with Gasteiger partial charge in [0.25, 0.3) is 5.69 Å². The van der Waals surface area contributed by atoms with Crippen molar-refractivity contribution in [2.24, 2.45) is 5.73 Å². The summed E-state index contributed by atoms with van der Waals surface area (Å²) in [5.74, 6) is -1.09. The van der Waals surface area contributed by atoms with E-state index in [9.17, 15) is 14.9 Å². The van der Waals surface area contributed by atoms with Gasteiger partial charge >= 0.3 is 5.97 Å². The molecule has 1 rings (SSSR count). The molecule has 0 radical (unpaired) electrons. The van der Waals surface area contributed by atoms with E-state index in [0.29, 0.717) is 12.1 Å². The minimum atomic E-state index is -1.09. The summed E-state index contributed by atoms with van der Waals surface area (Å²) in [6, 6.07) is 5.14. The third-order valence-electron chi connectivity index (χ3n) is 2.13. The highest BCUT2D eigenvalue weighted by Crippen LogP contribution is 2.12.